The van der Waals surface area contributed by atoms with Crippen molar-refractivity contribution >= 4 is 27.7 Å². The second-order valence-electron chi connectivity index (χ2n) is 1.38. The number of halogens is 1. The number of thioether (sulfide) groups is 1. The van der Waals surface area contributed by atoms with Crippen LogP contribution in [0.15, 0.2) is 11.6 Å². The van der Waals surface area contributed by atoms with Crippen molar-refractivity contribution in [1.82, 2.24) is 4.90 Å². The van der Waals surface area contributed by atoms with E-state index >= 15 is 0 Å². The van der Waals surface area contributed by atoms with Gasteiger partial charge in [0, 0.05) is 13.2 Å². The second-order valence-corrected chi connectivity index (χ2v) is 3.84. The van der Waals surface area contributed by atoms with Crippen LogP contribution in [-0.2, 0) is 0 Å². The van der Waals surface area contributed by atoms with E-state index < -0.39 is 0 Å². The minimum absolute atomic E-state index is 0.465. The summed E-state index contributed by atoms with van der Waals surface area (Å²) in [6, 6.07) is 0. The largest absolute Gasteiger partial charge is 0.359 e. The molecule has 0 saturated heterocycles. The Kier molecular flexibility index (Phi) is 1.65. The fourth-order valence-corrected chi connectivity index (χ4v) is 1.52. The molecule has 7 heavy (non-hydrogen) atoms. The van der Waals surface area contributed by atoms with E-state index in [2.05, 4.69) is 26.2 Å². The molecule has 0 aromatic carbocycles. The Morgan fingerprint density at radius 2 is 2.57 bits per heavy atom. The summed E-state index contributed by atoms with van der Waals surface area (Å²) in [4.78, 5) is 2.10. The minimum atomic E-state index is 0.465. The van der Waals surface area contributed by atoms with Crippen LogP contribution in [0.3, 0.4) is 0 Å². The van der Waals surface area contributed by atoms with Gasteiger partial charge in [-0.3, -0.25) is 0 Å². The molecule has 0 N–H and O–H groups in total. The van der Waals surface area contributed by atoms with Crippen molar-refractivity contribution in [1.29, 1.82) is 0 Å². The zero-order chi connectivity index (χ0) is 5.28. The Morgan fingerprint density at radius 1 is 1.86 bits per heavy atom. The molecule has 0 radical (unpaired) electrons. The zero-order valence-electron chi connectivity index (χ0n) is 3.97. The Hall–Kier alpha value is 0.370. The summed E-state index contributed by atoms with van der Waals surface area (Å²) in [5, 5.41) is 2.07. The van der Waals surface area contributed by atoms with E-state index in [1.807, 2.05) is 13.2 Å². The van der Waals surface area contributed by atoms with E-state index in [0.29, 0.717) is 4.28 Å². The van der Waals surface area contributed by atoms with Crippen LogP contribution < -0.4 is 0 Å². The molecule has 1 aliphatic rings. The molecule has 1 rings (SSSR count). The van der Waals surface area contributed by atoms with Gasteiger partial charge in [0.05, 0.1) is 0 Å². The Labute approximate surface area is 55.9 Å². The molecule has 0 aromatic rings. The fourth-order valence-electron chi connectivity index (χ4n) is 0.360. The van der Waals surface area contributed by atoms with Crippen molar-refractivity contribution in [2.45, 2.75) is 4.28 Å². The Bertz CT molecular complexity index is 93.7. The third kappa shape index (κ3) is 1.13. The number of hydrogen-bond acceptors (Lipinski definition) is 2. The van der Waals surface area contributed by atoms with Crippen molar-refractivity contribution in [3.05, 3.63) is 11.6 Å². The second kappa shape index (κ2) is 2.09. The van der Waals surface area contributed by atoms with Crippen LogP contribution in [0, 0.1) is 0 Å². The third-order valence-corrected chi connectivity index (χ3v) is 2.94. The molecule has 40 valence electrons. The van der Waals surface area contributed by atoms with Gasteiger partial charge in [-0.2, -0.15) is 0 Å². The highest BCUT2D eigenvalue weighted by Crippen LogP contribution is 2.27. The minimum Gasteiger partial charge on any atom is -0.359 e. The SMILES string of the molecule is CN1C=CSC1Br. The van der Waals surface area contributed by atoms with Crippen molar-refractivity contribution in [3.63, 3.8) is 0 Å². The predicted molar refractivity (Wildman–Crippen MR) is 37.2 cm³/mol. The Balaban J connectivity index is 2.45. The van der Waals surface area contributed by atoms with Crippen molar-refractivity contribution in [3.8, 4) is 0 Å². The average molecular weight is 180 g/mol. The molecule has 0 aliphatic carbocycles. The topological polar surface area (TPSA) is 3.24 Å². The first-order valence-electron chi connectivity index (χ1n) is 1.99. The molecule has 1 aliphatic heterocycles. The van der Waals surface area contributed by atoms with E-state index in [9.17, 15) is 0 Å². The lowest BCUT2D eigenvalue weighted by Crippen LogP contribution is -2.11. The van der Waals surface area contributed by atoms with Crippen LogP contribution in [0.1, 0.15) is 0 Å². The first-order valence-corrected chi connectivity index (χ1v) is 3.85. The molecule has 3 heteroatoms. The van der Waals surface area contributed by atoms with Crippen LogP contribution in [0.4, 0.5) is 0 Å². The maximum Gasteiger partial charge on any atom is 0.134 e. The van der Waals surface area contributed by atoms with Crippen LogP contribution in [-0.4, -0.2) is 16.2 Å². The van der Waals surface area contributed by atoms with E-state index in [1.54, 1.807) is 11.8 Å². The van der Waals surface area contributed by atoms with Gasteiger partial charge in [-0.25, -0.2) is 0 Å². The molecule has 0 spiro atoms. The van der Waals surface area contributed by atoms with Gasteiger partial charge >= 0.3 is 0 Å². The lowest BCUT2D eigenvalue weighted by molar-refractivity contribution is 0.530. The molecule has 1 atom stereocenters. The summed E-state index contributed by atoms with van der Waals surface area (Å²) < 4.78 is 0.465. The lowest BCUT2D eigenvalue weighted by Gasteiger charge is -2.10. The summed E-state index contributed by atoms with van der Waals surface area (Å²) in [7, 11) is 2.04. The number of nitrogens with zero attached hydrogens (tertiary/aromatic N) is 1. The van der Waals surface area contributed by atoms with Gasteiger partial charge < -0.3 is 4.90 Å². The van der Waals surface area contributed by atoms with Crippen molar-refractivity contribution in [2.75, 3.05) is 7.05 Å². The van der Waals surface area contributed by atoms with Gasteiger partial charge in [0.1, 0.15) is 4.28 Å². The average Bonchev–Trinajstić information content (AvgIpc) is 1.91. The standard InChI is InChI=1S/C4H6BrNS/c1-6-2-3-7-4(6)5/h2-4H,1H3. The van der Waals surface area contributed by atoms with Crippen LogP contribution in [0.25, 0.3) is 0 Å². The summed E-state index contributed by atoms with van der Waals surface area (Å²) in [5.41, 5.74) is 0. The molecule has 1 unspecified atom stereocenters. The maximum absolute atomic E-state index is 3.43. The van der Waals surface area contributed by atoms with Gasteiger partial charge in [-0.1, -0.05) is 27.7 Å². The van der Waals surface area contributed by atoms with Crippen LogP contribution >= 0.6 is 27.7 Å². The molecular formula is C4H6BrNS. The van der Waals surface area contributed by atoms with Gasteiger partial charge in [0.15, 0.2) is 0 Å². The fraction of sp³-hybridized carbons (Fsp3) is 0.500. The molecule has 0 amide bonds. The lowest BCUT2D eigenvalue weighted by atomic mass is 10.9. The molecule has 0 bridgehead atoms. The summed E-state index contributed by atoms with van der Waals surface area (Å²) >= 11 is 5.20. The number of rotatable bonds is 0. The molecule has 0 aromatic heterocycles. The van der Waals surface area contributed by atoms with E-state index in [4.69, 9.17) is 0 Å². The van der Waals surface area contributed by atoms with Gasteiger partial charge in [0.25, 0.3) is 0 Å². The molecule has 0 fully saturated rings. The van der Waals surface area contributed by atoms with Crippen LogP contribution in [0.2, 0.25) is 0 Å². The first kappa shape index (κ1) is 5.51. The normalized spacial score (nSPS) is 29.4. The molecule has 1 heterocycles. The highest BCUT2D eigenvalue weighted by atomic mass is 79.9. The van der Waals surface area contributed by atoms with E-state index in [0.717, 1.165) is 0 Å². The van der Waals surface area contributed by atoms with Crippen molar-refractivity contribution in [2.24, 2.45) is 0 Å². The third-order valence-electron chi connectivity index (χ3n) is 0.807. The number of alkyl halides is 1. The highest BCUT2D eigenvalue weighted by molar-refractivity contribution is 9.11. The highest BCUT2D eigenvalue weighted by Gasteiger charge is 2.09. The number of hydrogen-bond donors (Lipinski definition) is 0. The van der Waals surface area contributed by atoms with Crippen molar-refractivity contribution < 1.29 is 0 Å². The zero-order valence-corrected chi connectivity index (χ0v) is 6.37. The summed E-state index contributed by atoms with van der Waals surface area (Å²) in [6.07, 6.45) is 2.05. The Morgan fingerprint density at radius 3 is 2.71 bits per heavy atom. The smallest absolute Gasteiger partial charge is 0.134 e. The predicted octanol–water partition coefficient (Wildman–Crippen LogP) is 1.81. The molecule has 1 nitrogen and oxygen atoms in total. The quantitative estimate of drug-likeness (QED) is 0.413. The monoisotopic (exact) mass is 179 g/mol. The summed E-state index contributed by atoms with van der Waals surface area (Å²) in [6.45, 7) is 0. The molecule has 0 saturated carbocycles. The molecular weight excluding hydrogens is 174 g/mol. The van der Waals surface area contributed by atoms with E-state index in [-0.39, 0.29) is 0 Å². The van der Waals surface area contributed by atoms with Gasteiger partial charge in [-0.05, 0) is 5.41 Å². The van der Waals surface area contributed by atoms with Gasteiger partial charge in [0.2, 0.25) is 0 Å². The first-order chi connectivity index (χ1) is 3.30. The van der Waals surface area contributed by atoms with Crippen LogP contribution in [0.5, 0.6) is 0 Å². The maximum atomic E-state index is 3.43. The van der Waals surface area contributed by atoms with Gasteiger partial charge in [-0.15, -0.1) is 0 Å². The van der Waals surface area contributed by atoms with E-state index in [1.165, 1.54) is 0 Å². The summed E-state index contributed by atoms with van der Waals surface area (Å²) in [5.74, 6) is 0.